The molecular weight excluding hydrogens is 445 g/mol. The van der Waals surface area contributed by atoms with Crippen LogP contribution in [0.5, 0.6) is 5.75 Å². The fourth-order valence-electron chi connectivity index (χ4n) is 3.86. The predicted molar refractivity (Wildman–Crippen MR) is 130 cm³/mol. The van der Waals surface area contributed by atoms with Crippen molar-refractivity contribution < 1.29 is 27.9 Å². The van der Waals surface area contributed by atoms with Gasteiger partial charge in [0, 0.05) is 11.7 Å². The lowest BCUT2D eigenvalue weighted by Crippen LogP contribution is -2.00. The van der Waals surface area contributed by atoms with Gasteiger partial charge in [-0.25, -0.2) is 8.78 Å². The van der Waals surface area contributed by atoms with Gasteiger partial charge in [-0.2, -0.15) is 0 Å². The maximum atomic E-state index is 14.4. The lowest BCUT2D eigenvalue weighted by molar-refractivity contribution is 0.290. The molecule has 33 heavy (non-hydrogen) atoms. The number of aryl methyl sites for hydroxylation is 1. The summed E-state index contributed by atoms with van der Waals surface area (Å²) in [4.78, 5) is 17.6. The first kappa shape index (κ1) is 27.5. The van der Waals surface area contributed by atoms with Crippen LogP contribution < -0.4 is 4.74 Å². The van der Waals surface area contributed by atoms with E-state index in [1.54, 1.807) is 18.2 Å². The average Bonchev–Trinajstić information content (AvgIpc) is 2.75. The van der Waals surface area contributed by atoms with E-state index in [4.69, 9.17) is 14.5 Å². The molecule has 0 saturated heterocycles. The Balaban J connectivity index is 1.62. The van der Waals surface area contributed by atoms with Gasteiger partial charge in [0.2, 0.25) is 0 Å². The van der Waals surface area contributed by atoms with Gasteiger partial charge in [0.15, 0.2) is 11.6 Å². The largest absolute Gasteiger partial charge is 0.491 e. The van der Waals surface area contributed by atoms with Crippen LogP contribution in [0, 0.1) is 11.6 Å². The first-order valence-electron chi connectivity index (χ1n) is 12.1. The Morgan fingerprint density at radius 3 is 2.03 bits per heavy atom. The van der Waals surface area contributed by atoms with Crippen molar-refractivity contribution in [3.05, 3.63) is 53.6 Å². The Morgan fingerprint density at radius 1 is 0.818 bits per heavy atom. The van der Waals surface area contributed by atoms with Gasteiger partial charge in [-0.1, -0.05) is 76.5 Å². The van der Waals surface area contributed by atoms with E-state index >= 15 is 0 Å². The highest BCUT2D eigenvalue weighted by atomic mass is 31.2. The highest BCUT2D eigenvalue weighted by molar-refractivity contribution is 7.51. The standard InChI is InChI=1S/C26H37F2O4P/c1-2-12-21-13-15-23(24(27)19-21)22-14-16-26(25(28)20-22)32-17-10-8-6-4-3-5-7-9-11-18-33(29,30)31/h13-16,19-20H,2-12,17-18H2,1H3,(H2,29,30,31). The van der Waals surface area contributed by atoms with Gasteiger partial charge in [0.25, 0.3) is 0 Å². The Bertz CT molecular complexity index is 898. The van der Waals surface area contributed by atoms with E-state index in [0.29, 0.717) is 24.2 Å². The molecule has 0 atom stereocenters. The van der Waals surface area contributed by atoms with Gasteiger partial charge in [-0.05, 0) is 48.6 Å². The number of ether oxygens (including phenoxy) is 1. The van der Waals surface area contributed by atoms with Gasteiger partial charge in [-0.3, -0.25) is 4.57 Å². The molecule has 0 radical (unpaired) electrons. The number of hydrogen-bond donors (Lipinski definition) is 2. The maximum Gasteiger partial charge on any atom is 0.325 e. The van der Waals surface area contributed by atoms with Crippen molar-refractivity contribution in [2.75, 3.05) is 12.8 Å². The molecule has 2 aromatic rings. The SMILES string of the molecule is CCCc1ccc(-c2ccc(OCCCCCCCCCCCP(=O)(O)O)c(F)c2)c(F)c1. The molecule has 2 rings (SSSR count). The topological polar surface area (TPSA) is 66.8 Å². The molecule has 0 fully saturated rings. The van der Waals surface area contributed by atoms with Crippen molar-refractivity contribution in [2.45, 2.75) is 77.6 Å². The molecule has 0 unspecified atom stereocenters. The summed E-state index contributed by atoms with van der Waals surface area (Å²) >= 11 is 0. The third-order valence-corrected chi connectivity index (χ3v) is 6.57. The summed E-state index contributed by atoms with van der Waals surface area (Å²) in [6.45, 7) is 2.49. The van der Waals surface area contributed by atoms with Gasteiger partial charge in [0.05, 0.1) is 6.61 Å². The minimum atomic E-state index is -3.84. The number of unbranched alkanes of at least 4 members (excludes halogenated alkanes) is 8. The summed E-state index contributed by atoms with van der Waals surface area (Å²) in [7, 11) is -3.84. The Morgan fingerprint density at radius 2 is 1.45 bits per heavy atom. The van der Waals surface area contributed by atoms with E-state index in [2.05, 4.69) is 0 Å². The summed E-state index contributed by atoms with van der Waals surface area (Å²) in [6, 6.07) is 9.70. The highest BCUT2D eigenvalue weighted by Crippen LogP contribution is 2.35. The quantitative estimate of drug-likeness (QED) is 0.190. The van der Waals surface area contributed by atoms with E-state index in [9.17, 15) is 13.3 Å². The predicted octanol–water partition coefficient (Wildman–Crippen LogP) is 7.65. The molecule has 0 amide bonds. The van der Waals surface area contributed by atoms with Crippen molar-refractivity contribution in [3.8, 4) is 16.9 Å². The zero-order valence-corrected chi connectivity index (χ0v) is 20.5. The molecule has 184 valence electrons. The van der Waals surface area contributed by atoms with Crippen LogP contribution >= 0.6 is 7.60 Å². The minimum absolute atomic E-state index is 0.0145. The Labute approximate surface area is 196 Å². The molecule has 0 aliphatic carbocycles. The molecule has 4 nitrogen and oxygen atoms in total. The number of hydrogen-bond acceptors (Lipinski definition) is 2. The van der Waals surface area contributed by atoms with E-state index in [-0.39, 0.29) is 17.7 Å². The van der Waals surface area contributed by atoms with Crippen LogP contribution in [-0.2, 0) is 11.0 Å². The zero-order valence-electron chi connectivity index (χ0n) is 19.6. The molecule has 0 aliphatic rings. The van der Waals surface area contributed by atoms with Crippen LogP contribution in [0.25, 0.3) is 11.1 Å². The fraction of sp³-hybridized carbons (Fsp3) is 0.538. The summed E-state index contributed by atoms with van der Waals surface area (Å²) in [5.74, 6) is -0.629. The number of benzene rings is 2. The van der Waals surface area contributed by atoms with Crippen molar-refractivity contribution in [2.24, 2.45) is 0 Å². The van der Waals surface area contributed by atoms with Gasteiger partial charge >= 0.3 is 7.60 Å². The highest BCUT2D eigenvalue weighted by Gasteiger charge is 2.11. The number of rotatable bonds is 16. The monoisotopic (exact) mass is 482 g/mol. The number of halogens is 2. The van der Waals surface area contributed by atoms with Crippen molar-refractivity contribution >= 4 is 7.60 Å². The lowest BCUT2D eigenvalue weighted by atomic mass is 10.0. The van der Waals surface area contributed by atoms with Crippen molar-refractivity contribution in [1.29, 1.82) is 0 Å². The van der Waals surface area contributed by atoms with E-state index in [1.165, 1.54) is 12.1 Å². The van der Waals surface area contributed by atoms with Crippen LogP contribution in [0.3, 0.4) is 0 Å². The molecular formula is C26H37F2O4P. The molecule has 2 N–H and O–H groups in total. The molecule has 0 aliphatic heterocycles. The first-order valence-corrected chi connectivity index (χ1v) is 13.9. The fourth-order valence-corrected chi connectivity index (χ4v) is 4.50. The molecule has 0 bridgehead atoms. The average molecular weight is 483 g/mol. The molecule has 0 aromatic heterocycles. The second kappa shape index (κ2) is 14.5. The van der Waals surface area contributed by atoms with Gasteiger partial charge in [-0.15, -0.1) is 0 Å². The van der Waals surface area contributed by atoms with Crippen LogP contribution in [0.1, 0.15) is 76.7 Å². The normalized spacial score (nSPS) is 11.7. The molecule has 0 heterocycles. The van der Waals surface area contributed by atoms with E-state index in [0.717, 1.165) is 69.8 Å². The second-order valence-corrected chi connectivity index (χ2v) is 10.4. The van der Waals surface area contributed by atoms with Crippen LogP contribution in [-0.4, -0.2) is 22.6 Å². The summed E-state index contributed by atoms with van der Waals surface area (Å²) in [6.07, 6.45) is 10.4. The second-order valence-electron chi connectivity index (χ2n) is 8.63. The van der Waals surface area contributed by atoms with E-state index < -0.39 is 13.4 Å². The molecule has 7 heteroatoms. The van der Waals surface area contributed by atoms with Crippen molar-refractivity contribution in [3.63, 3.8) is 0 Å². The van der Waals surface area contributed by atoms with Crippen LogP contribution in [0.4, 0.5) is 8.78 Å². The third kappa shape index (κ3) is 10.8. The Hall–Kier alpha value is -1.75. The zero-order chi connectivity index (χ0) is 24.1. The first-order chi connectivity index (χ1) is 15.8. The molecule has 2 aromatic carbocycles. The summed E-state index contributed by atoms with van der Waals surface area (Å²) in [5, 5.41) is 0. The smallest absolute Gasteiger partial charge is 0.325 e. The molecule has 0 saturated carbocycles. The van der Waals surface area contributed by atoms with E-state index in [1.807, 2.05) is 13.0 Å². The third-order valence-electron chi connectivity index (χ3n) is 5.67. The van der Waals surface area contributed by atoms with Gasteiger partial charge in [0.1, 0.15) is 5.82 Å². The van der Waals surface area contributed by atoms with Crippen molar-refractivity contribution in [1.82, 2.24) is 0 Å². The van der Waals surface area contributed by atoms with Crippen LogP contribution in [0.2, 0.25) is 0 Å². The molecule has 0 spiro atoms. The summed E-state index contributed by atoms with van der Waals surface area (Å²) in [5.41, 5.74) is 1.83. The summed E-state index contributed by atoms with van der Waals surface area (Å²) < 4.78 is 45.2. The van der Waals surface area contributed by atoms with Crippen LogP contribution in [0.15, 0.2) is 36.4 Å². The Kier molecular flexibility index (Phi) is 12.1. The van der Waals surface area contributed by atoms with Gasteiger partial charge < -0.3 is 14.5 Å². The minimum Gasteiger partial charge on any atom is -0.491 e. The lowest BCUT2D eigenvalue weighted by Gasteiger charge is -2.10. The maximum absolute atomic E-state index is 14.4.